The van der Waals surface area contributed by atoms with Gasteiger partial charge in [-0.2, -0.15) is 0 Å². The summed E-state index contributed by atoms with van der Waals surface area (Å²) in [6, 6.07) is 6.62. The zero-order valence-electron chi connectivity index (χ0n) is 11.0. The number of para-hydroxylation sites is 1. The van der Waals surface area contributed by atoms with Gasteiger partial charge in [-0.25, -0.2) is 9.36 Å². The molecule has 0 saturated carbocycles. The molecular weight excluding hydrogens is 271 g/mol. The molecular formula is C12H17O6P. The van der Waals surface area contributed by atoms with E-state index in [0.717, 1.165) is 0 Å². The SMILES string of the molecule is Cc1ccccc1OP(=O)(O)OOC(=O)CC(C)C. The fourth-order valence-corrected chi connectivity index (χ4v) is 1.92. The highest BCUT2D eigenvalue weighted by Gasteiger charge is 2.27. The van der Waals surface area contributed by atoms with E-state index < -0.39 is 13.8 Å². The molecule has 1 atom stereocenters. The summed E-state index contributed by atoms with van der Waals surface area (Å²) in [5.74, 6) is -0.475. The molecule has 1 aromatic rings. The number of rotatable bonds is 6. The molecule has 7 heteroatoms. The second-order valence-corrected chi connectivity index (χ2v) is 5.72. The van der Waals surface area contributed by atoms with E-state index >= 15 is 0 Å². The number of carbonyl (C=O) groups is 1. The van der Waals surface area contributed by atoms with Gasteiger partial charge in [0, 0.05) is 0 Å². The largest absolute Gasteiger partial charge is 0.564 e. The van der Waals surface area contributed by atoms with Crippen LogP contribution in [0.4, 0.5) is 0 Å². The molecule has 0 aliphatic carbocycles. The summed E-state index contributed by atoms with van der Waals surface area (Å²) in [7, 11) is -4.48. The van der Waals surface area contributed by atoms with E-state index in [-0.39, 0.29) is 18.1 Å². The summed E-state index contributed by atoms with van der Waals surface area (Å²) in [5.41, 5.74) is 0.661. The van der Waals surface area contributed by atoms with Crippen molar-refractivity contribution in [3.63, 3.8) is 0 Å². The van der Waals surface area contributed by atoms with Crippen molar-refractivity contribution in [3.05, 3.63) is 29.8 Å². The van der Waals surface area contributed by atoms with E-state index in [2.05, 4.69) is 9.56 Å². The van der Waals surface area contributed by atoms with Gasteiger partial charge in [0.2, 0.25) is 0 Å². The Hall–Kier alpha value is -1.36. The van der Waals surface area contributed by atoms with Crippen molar-refractivity contribution in [1.82, 2.24) is 0 Å². The molecule has 0 aliphatic rings. The second kappa shape index (κ2) is 6.70. The molecule has 1 aromatic carbocycles. The van der Waals surface area contributed by atoms with E-state index in [1.807, 2.05) is 13.8 Å². The summed E-state index contributed by atoms with van der Waals surface area (Å²) in [4.78, 5) is 24.8. The fraction of sp³-hybridized carbons (Fsp3) is 0.417. The monoisotopic (exact) mass is 288 g/mol. The van der Waals surface area contributed by atoms with Crippen LogP contribution in [0.1, 0.15) is 25.8 Å². The van der Waals surface area contributed by atoms with E-state index in [1.165, 1.54) is 6.07 Å². The molecule has 0 amide bonds. The van der Waals surface area contributed by atoms with Crippen LogP contribution in [-0.4, -0.2) is 10.9 Å². The number of phosphoric acid groups is 1. The normalized spacial score (nSPS) is 13.9. The maximum atomic E-state index is 11.6. The number of benzene rings is 1. The summed E-state index contributed by atoms with van der Waals surface area (Å²) in [6.45, 7) is 5.33. The third kappa shape index (κ3) is 5.87. The van der Waals surface area contributed by atoms with Gasteiger partial charge in [0.05, 0.1) is 6.42 Å². The highest BCUT2D eigenvalue weighted by Crippen LogP contribution is 2.44. The van der Waals surface area contributed by atoms with Crippen LogP contribution >= 0.6 is 7.82 Å². The Labute approximate surface area is 111 Å². The molecule has 0 bridgehead atoms. The third-order valence-corrected chi connectivity index (χ3v) is 2.80. The van der Waals surface area contributed by atoms with Crippen molar-refractivity contribution in [2.45, 2.75) is 27.2 Å². The van der Waals surface area contributed by atoms with Crippen molar-refractivity contribution in [3.8, 4) is 5.75 Å². The molecule has 0 radical (unpaired) electrons. The van der Waals surface area contributed by atoms with Crippen molar-refractivity contribution in [2.75, 3.05) is 0 Å². The van der Waals surface area contributed by atoms with Gasteiger partial charge in [-0.15, -0.1) is 0 Å². The second-order valence-electron chi connectivity index (χ2n) is 4.45. The predicted octanol–water partition coefficient (Wildman–Crippen LogP) is 3.00. The minimum absolute atomic E-state index is 0.0615. The van der Waals surface area contributed by atoms with Crippen LogP contribution < -0.4 is 4.52 Å². The van der Waals surface area contributed by atoms with Crippen molar-refractivity contribution < 1.29 is 28.3 Å². The summed E-state index contributed by atoms with van der Waals surface area (Å²) in [6.07, 6.45) is 0.0877. The molecule has 0 spiro atoms. The van der Waals surface area contributed by atoms with Crippen LogP contribution in [0.25, 0.3) is 0 Å². The van der Waals surface area contributed by atoms with E-state index in [9.17, 15) is 14.3 Å². The lowest BCUT2D eigenvalue weighted by Gasteiger charge is -2.13. The van der Waals surface area contributed by atoms with Gasteiger partial charge in [-0.1, -0.05) is 36.7 Å². The average Bonchev–Trinajstić information content (AvgIpc) is 2.29. The van der Waals surface area contributed by atoms with Crippen LogP contribution in [0.5, 0.6) is 5.75 Å². The van der Waals surface area contributed by atoms with Crippen LogP contribution in [0.15, 0.2) is 24.3 Å². The molecule has 19 heavy (non-hydrogen) atoms. The molecule has 1 N–H and O–H groups in total. The van der Waals surface area contributed by atoms with Crippen molar-refractivity contribution >= 4 is 13.8 Å². The van der Waals surface area contributed by atoms with Gasteiger partial charge < -0.3 is 4.52 Å². The summed E-state index contributed by atoms with van der Waals surface area (Å²) < 4.78 is 20.5. The number of carbonyl (C=O) groups excluding carboxylic acids is 1. The standard InChI is InChI=1S/C12H17O6P/c1-9(2)8-12(13)16-18-19(14,15)17-11-7-5-4-6-10(11)3/h4-7,9H,8H2,1-3H3,(H,14,15). The first-order valence-electron chi connectivity index (χ1n) is 5.77. The molecule has 106 valence electrons. The number of hydrogen-bond donors (Lipinski definition) is 1. The van der Waals surface area contributed by atoms with Crippen LogP contribution in [0.2, 0.25) is 0 Å². The lowest BCUT2D eigenvalue weighted by Crippen LogP contribution is -2.09. The van der Waals surface area contributed by atoms with E-state index in [0.29, 0.717) is 5.56 Å². The fourth-order valence-electron chi connectivity index (χ4n) is 1.25. The average molecular weight is 288 g/mol. The van der Waals surface area contributed by atoms with Crippen molar-refractivity contribution in [2.24, 2.45) is 5.92 Å². The van der Waals surface area contributed by atoms with E-state index in [1.54, 1.807) is 25.1 Å². The Morgan fingerprint density at radius 2 is 2.00 bits per heavy atom. The molecule has 0 heterocycles. The first-order chi connectivity index (χ1) is 8.80. The number of hydrogen-bond acceptors (Lipinski definition) is 5. The molecule has 0 saturated heterocycles. The predicted molar refractivity (Wildman–Crippen MR) is 68.3 cm³/mol. The Bertz CT molecular complexity index is 485. The van der Waals surface area contributed by atoms with Gasteiger partial charge in [-0.3, -0.25) is 9.78 Å². The molecule has 0 fully saturated rings. The summed E-state index contributed by atoms with van der Waals surface area (Å²) in [5, 5.41) is 0. The first kappa shape index (κ1) is 15.7. The molecule has 6 nitrogen and oxygen atoms in total. The highest BCUT2D eigenvalue weighted by atomic mass is 31.2. The Morgan fingerprint density at radius 3 is 2.58 bits per heavy atom. The van der Waals surface area contributed by atoms with E-state index in [4.69, 9.17) is 4.52 Å². The maximum Gasteiger partial charge on any atom is 0.564 e. The third-order valence-electron chi connectivity index (χ3n) is 2.11. The first-order valence-corrected chi connectivity index (χ1v) is 7.27. The summed E-state index contributed by atoms with van der Waals surface area (Å²) >= 11 is 0. The molecule has 1 unspecified atom stereocenters. The van der Waals surface area contributed by atoms with Gasteiger partial charge in [0.15, 0.2) is 0 Å². The zero-order valence-corrected chi connectivity index (χ0v) is 11.9. The topological polar surface area (TPSA) is 82.1 Å². The lowest BCUT2D eigenvalue weighted by atomic mass is 10.1. The number of phosphoric ester groups is 1. The molecule has 0 aliphatic heterocycles. The van der Waals surface area contributed by atoms with Crippen LogP contribution in [0.3, 0.4) is 0 Å². The Morgan fingerprint density at radius 1 is 1.37 bits per heavy atom. The minimum Gasteiger partial charge on any atom is -0.402 e. The van der Waals surface area contributed by atoms with Crippen LogP contribution in [0, 0.1) is 12.8 Å². The highest BCUT2D eigenvalue weighted by molar-refractivity contribution is 7.47. The van der Waals surface area contributed by atoms with Gasteiger partial charge in [-0.05, 0) is 24.5 Å². The number of aryl methyl sites for hydroxylation is 1. The van der Waals surface area contributed by atoms with Gasteiger partial charge in [0.25, 0.3) is 0 Å². The van der Waals surface area contributed by atoms with Gasteiger partial charge >= 0.3 is 13.8 Å². The Balaban J connectivity index is 2.55. The molecule has 1 rings (SSSR count). The van der Waals surface area contributed by atoms with Gasteiger partial charge in [0.1, 0.15) is 5.75 Å². The van der Waals surface area contributed by atoms with Crippen LogP contribution in [-0.2, 0) is 18.9 Å². The van der Waals surface area contributed by atoms with Crippen molar-refractivity contribution in [1.29, 1.82) is 0 Å². The smallest absolute Gasteiger partial charge is 0.402 e. The maximum absolute atomic E-state index is 11.6. The quantitative estimate of drug-likeness (QED) is 0.492. The minimum atomic E-state index is -4.48. The zero-order chi connectivity index (χ0) is 14.5. The molecule has 0 aromatic heterocycles. The Kier molecular flexibility index (Phi) is 5.54. The lowest BCUT2D eigenvalue weighted by molar-refractivity contribution is -0.222.